The molecule has 0 saturated carbocycles. The molecular weight excluding hydrogens is 285 g/mol. The van der Waals surface area contributed by atoms with E-state index in [1.54, 1.807) is 4.46 Å². The van der Waals surface area contributed by atoms with Gasteiger partial charge in [-0.3, -0.25) is 0 Å². The van der Waals surface area contributed by atoms with Crippen LogP contribution in [0.25, 0.3) is 0 Å². The Hall–Kier alpha value is -0.301. The molecule has 2 saturated heterocycles. The average molecular weight is 308 g/mol. The van der Waals surface area contributed by atoms with Gasteiger partial charge in [0.05, 0.1) is 0 Å². The molecule has 98 valence electrons. The Morgan fingerprint density at radius 2 is 2.17 bits per heavy atom. The zero-order valence-corrected chi connectivity index (χ0v) is 12.9. The molecule has 0 spiro atoms. The standard InChI is InChI=1S/C16H23NSe/c1-2-3-10-16-11-9-14(17-16)15(12-16)18-13-7-5-4-6-8-13/h4-8,14-15,17H,2-3,9-12H2,1H3/t14-,15+,16+/m1/s1. The van der Waals surface area contributed by atoms with Crippen LogP contribution in [0, 0.1) is 0 Å². The minimum absolute atomic E-state index is 0.530. The summed E-state index contributed by atoms with van der Waals surface area (Å²) >= 11 is 0.660. The quantitative estimate of drug-likeness (QED) is 0.825. The monoisotopic (exact) mass is 309 g/mol. The van der Waals surface area contributed by atoms with Crippen LogP contribution < -0.4 is 9.78 Å². The van der Waals surface area contributed by atoms with E-state index in [9.17, 15) is 0 Å². The third kappa shape index (κ3) is 2.52. The molecule has 18 heavy (non-hydrogen) atoms. The molecule has 2 aliphatic rings. The van der Waals surface area contributed by atoms with Crippen LogP contribution in [0.1, 0.15) is 45.4 Å². The Morgan fingerprint density at radius 3 is 2.94 bits per heavy atom. The minimum atomic E-state index is 0.530. The van der Waals surface area contributed by atoms with Gasteiger partial charge in [-0.15, -0.1) is 0 Å². The fourth-order valence-corrected chi connectivity index (χ4v) is 6.56. The van der Waals surface area contributed by atoms with Gasteiger partial charge in [-0.05, 0) is 0 Å². The summed E-state index contributed by atoms with van der Waals surface area (Å²) in [6.45, 7) is 2.31. The van der Waals surface area contributed by atoms with Crippen molar-refractivity contribution >= 4 is 19.4 Å². The SMILES string of the molecule is CCCC[C@@]12CC[C@@H](N1)[C@@H]([Se]c1ccccc1)C2. The summed E-state index contributed by atoms with van der Waals surface area (Å²) in [4.78, 5) is 0.936. The maximum absolute atomic E-state index is 3.96. The van der Waals surface area contributed by atoms with Gasteiger partial charge < -0.3 is 0 Å². The van der Waals surface area contributed by atoms with Gasteiger partial charge in [0.1, 0.15) is 0 Å². The van der Waals surface area contributed by atoms with E-state index in [0.29, 0.717) is 20.5 Å². The van der Waals surface area contributed by atoms with E-state index in [0.717, 1.165) is 10.9 Å². The van der Waals surface area contributed by atoms with E-state index in [2.05, 4.69) is 42.6 Å². The first-order valence-corrected chi connectivity index (χ1v) is 9.15. The van der Waals surface area contributed by atoms with Gasteiger partial charge in [-0.25, -0.2) is 0 Å². The number of rotatable bonds is 5. The number of benzene rings is 1. The van der Waals surface area contributed by atoms with Crippen molar-refractivity contribution in [2.24, 2.45) is 0 Å². The van der Waals surface area contributed by atoms with Gasteiger partial charge in [0, 0.05) is 0 Å². The first kappa shape index (κ1) is 12.7. The molecule has 0 aliphatic carbocycles. The molecule has 1 nitrogen and oxygen atoms in total. The van der Waals surface area contributed by atoms with E-state index in [4.69, 9.17) is 0 Å². The van der Waals surface area contributed by atoms with Crippen LogP contribution in [0.4, 0.5) is 0 Å². The Balaban J connectivity index is 1.63. The van der Waals surface area contributed by atoms with Crippen LogP contribution in [0.2, 0.25) is 4.82 Å². The van der Waals surface area contributed by atoms with Gasteiger partial charge in [-0.1, -0.05) is 0 Å². The van der Waals surface area contributed by atoms with Crippen molar-refractivity contribution < 1.29 is 0 Å². The number of fused-ring (bicyclic) bond motifs is 2. The molecule has 0 aromatic heterocycles. The van der Waals surface area contributed by atoms with Crippen LogP contribution >= 0.6 is 0 Å². The van der Waals surface area contributed by atoms with Crippen LogP contribution in [0.15, 0.2) is 30.3 Å². The van der Waals surface area contributed by atoms with E-state index in [1.165, 1.54) is 38.5 Å². The summed E-state index contributed by atoms with van der Waals surface area (Å²) in [6.07, 6.45) is 8.42. The zero-order chi connectivity index (χ0) is 12.4. The van der Waals surface area contributed by atoms with Crippen molar-refractivity contribution in [1.82, 2.24) is 5.32 Å². The van der Waals surface area contributed by atoms with Crippen molar-refractivity contribution in [2.75, 3.05) is 0 Å². The van der Waals surface area contributed by atoms with Gasteiger partial charge >= 0.3 is 117 Å². The van der Waals surface area contributed by atoms with Crippen molar-refractivity contribution in [1.29, 1.82) is 0 Å². The number of hydrogen-bond acceptors (Lipinski definition) is 1. The molecule has 0 unspecified atom stereocenters. The fourth-order valence-electron chi connectivity index (χ4n) is 3.55. The second kappa shape index (κ2) is 5.36. The van der Waals surface area contributed by atoms with E-state index < -0.39 is 0 Å². The Morgan fingerprint density at radius 1 is 1.33 bits per heavy atom. The van der Waals surface area contributed by atoms with Gasteiger partial charge in [0.25, 0.3) is 0 Å². The third-order valence-electron chi connectivity index (χ3n) is 4.51. The molecule has 1 N–H and O–H groups in total. The van der Waals surface area contributed by atoms with Gasteiger partial charge in [-0.2, -0.15) is 0 Å². The molecular formula is C16H23NSe. The van der Waals surface area contributed by atoms with Crippen molar-refractivity contribution in [3.63, 3.8) is 0 Å². The summed E-state index contributed by atoms with van der Waals surface area (Å²) in [6, 6.07) is 11.9. The predicted octanol–water partition coefficient (Wildman–Crippen LogP) is 2.89. The number of unbranched alkanes of at least 4 members (excludes halogenated alkanes) is 1. The second-order valence-corrected chi connectivity index (χ2v) is 8.60. The zero-order valence-electron chi connectivity index (χ0n) is 11.2. The van der Waals surface area contributed by atoms with Crippen molar-refractivity contribution in [3.05, 3.63) is 30.3 Å². The molecule has 2 aliphatic heterocycles. The van der Waals surface area contributed by atoms with Gasteiger partial charge in [0.2, 0.25) is 0 Å². The van der Waals surface area contributed by atoms with E-state index in [-0.39, 0.29) is 0 Å². The van der Waals surface area contributed by atoms with Crippen molar-refractivity contribution in [2.45, 2.75) is 61.8 Å². The number of nitrogens with one attached hydrogen (secondary N) is 1. The summed E-state index contributed by atoms with van der Waals surface area (Å²) in [5.74, 6) is 0. The average Bonchev–Trinajstić information content (AvgIpc) is 2.96. The first-order valence-electron chi connectivity index (χ1n) is 7.31. The molecule has 0 radical (unpaired) electrons. The number of hydrogen-bond donors (Lipinski definition) is 1. The summed E-state index contributed by atoms with van der Waals surface area (Å²) in [5, 5.41) is 3.96. The Bertz CT molecular complexity index is 391. The molecule has 2 bridgehead atoms. The normalized spacial score (nSPS) is 34.1. The Kier molecular flexibility index (Phi) is 3.79. The van der Waals surface area contributed by atoms with Crippen LogP contribution in [-0.4, -0.2) is 26.5 Å². The first-order chi connectivity index (χ1) is 8.81. The molecule has 2 fully saturated rings. The molecule has 3 atom stereocenters. The molecule has 1 aromatic carbocycles. The summed E-state index contributed by atoms with van der Waals surface area (Å²) < 4.78 is 1.58. The van der Waals surface area contributed by atoms with Crippen LogP contribution in [0.3, 0.4) is 0 Å². The van der Waals surface area contributed by atoms with E-state index in [1.807, 2.05) is 0 Å². The Labute approximate surface area is 117 Å². The second-order valence-electron chi connectivity index (χ2n) is 5.85. The third-order valence-corrected chi connectivity index (χ3v) is 7.32. The predicted molar refractivity (Wildman–Crippen MR) is 78.6 cm³/mol. The summed E-state index contributed by atoms with van der Waals surface area (Å²) in [7, 11) is 0. The van der Waals surface area contributed by atoms with Crippen LogP contribution in [0.5, 0.6) is 0 Å². The molecule has 1 aromatic rings. The van der Waals surface area contributed by atoms with Gasteiger partial charge in [0.15, 0.2) is 0 Å². The summed E-state index contributed by atoms with van der Waals surface area (Å²) in [5.41, 5.74) is 0.530. The fraction of sp³-hybridized carbons (Fsp3) is 0.625. The molecule has 2 heterocycles. The van der Waals surface area contributed by atoms with Crippen LogP contribution in [-0.2, 0) is 0 Å². The molecule has 0 amide bonds. The van der Waals surface area contributed by atoms with E-state index >= 15 is 0 Å². The maximum atomic E-state index is 3.96. The van der Waals surface area contributed by atoms with Crippen molar-refractivity contribution in [3.8, 4) is 0 Å². The molecule has 3 rings (SSSR count). The topological polar surface area (TPSA) is 12.0 Å². The molecule has 2 heteroatoms.